The quantitative estimate of drug-likeness (QED) is 0.690. The fourth-order valence-corrected chi connectivity index (χ4v) is 3.83. The van der Waals surface area contributed by atoms with Crippen molar-refractivity contribution < 1.29 is 14.3 Å². The Bertz CT molecular complexity index is 1150. The molecular weight excluding hydrogens is 370 g/mol. The Morgan fingerprint density at radius 3 is 2.66 bits per heavy atom. The summed E-state index contributed by atoms with van der Waals surface area (Å²) in [7, 11) is 0. The van der Waals surface area contributed by atoms with Crippen molar-refractivity contribution in [2.24, 2.45) is 0 Å². The molecule has 2 atom stereocenters. The first kappa shape index (κ1) is 18.9. The maximum atomic E-state index is 12.9. The van der Waals surface area contributed by atoms with Crippen molar-refractivity contribution in [2.75, 3.05) is 4.90 Å². The SMILES string of the molecule is C[C@@H](OC(=O)Cc1n[nH]c(=O)c2ccccc12)C(=O)N1c2ccccc2C[C@@H]1C. The zero-order valence-corrected chi connectivity index (χ0v) is 16.2. The van der Waals surface area contributed by atoms with Crippen LogP contribution >= 0.6 is 0 Å². The molecule has 1 amide bonds. The monoisotopic (exact) mass is 391 g/mol. The van der Waals surface area contributed by atoms with E-state index >= 15 is 0 Å². The van der Waals surface area contributed by atoms with Crippen molar-refractivity contribution >= 4 is 28.3 Å². The van der Waals surface area contributed by atoms with Crippen LogP contribution < -0.4 is 10.5 Å². The van der Waals surface area contributed by atoms with Crippen LogP contribution in [0.3, 0.4) is 0 Å². The minimum atomic E-state index is -0.926. The third kappa shape index (κ3) is 3.51. The maximum Gasteiger partial charge on any atom is 0.312 e. The highest BCUT2D eigenvalue weighted by atomic mass is 16.5. The summed E-state index contributed by atoms with van der Waals surface area (Å²) in [5.41, 5.74) is 2.06. The van der Waals surface area contributed by atoms with Crippen LogP contribution in [0.25, 0.3) is 10.8 Å². The van der Waals surface area contributed by atoms with E-state index in [0.29, 0.717) is 16.5 Å². The summed E-state index contributed by atoms with van der Waals surface area (Å²) < 4.78 is 5.41. The molecule has 1 aliphatic heterocycles. The fourth-order valence-electron chi connectivity index (χ4n) is 3.83. The molecule has 0 aliphatic carbocycles. The first-order valence-corrected chi connectivity index (χ1v) is 9.52. The lowest BCUT2D eigenvalue weighted by Crippen LogP contribution is -2.43. The molecule has 0 saturated heterocycles. The van der Waals surface area contributed by atoms with E-state index in [9.17, 15) is 14.4 Å². The van der Waals surface area contributed by atoms with Gasteiger partial charge in [-0.1, -0.05) is 36.4 Å². The molecule has 29 heavy (non-hydrogen) atoms. The molecule has 0 saturated carbocycles. The Balaban J connectivity index is 1.49. The van der Waals surface area contributed by atoms with E-state index in [2.05, 4.69) is 10.2 Å². The number of ether oxygens (including phenoxy) is 1. The normalized spacial score (nSPS) is 16.5. The van der Waals surface area contributed by atoms with Crippen LogP contribution in [0.15, 0.2) is 53.3 Å². The second-order valence-corrected chi connectivity index (χ2v) is 7.24. The van der Waals surface area contributed by atoms with Gasteiger partial charge in [0.2, 0.25) is 0 Å². The van der Waals surface area contributed by atoms with E-state index in [1.807, 2.05) is 31.2 Å². The van der Waals surface area contributed by atoms with E-state index in [0.717, 1.165) is 17.7 Å². The summed E-state index contributed by atoms with van der Waals surface area (Å²) in [4.78, 5) is 39.0. The van der Waals surface area contributed by atoms with Crippen LogP contribution in [0.2, 0.25) is 0 Å². The average Bonchev–Trinajstić information content (AvgIpc) is 3.05. The van der Waals surface area contributed by atoms with Crippen LogP contribution in [-0.2, 0) is 27.2 Å². The molecule has 1 aliphatic rings. The molecule has 148 valence electrons. The lowest BCUT2D eigenvalue weighted by Gasteiger charge is -2.25. The molecule has 7 heteroatoms. The van der Waals surface area contributed by atoms with Crippen LogP contribution in [0.1, 0.15) is 25.1 Å². The molecule has 0 unspecified atom stereocenters. The largest absolute Gasteiger partial charge is 0.452 e. The molecule has 0 spiro atoms. The number of carbonyl (C=O) groups is 2. The average molecular weight is 391 g/mol. The molecule has 3 aromatic rings. The van der Waals surface area contributed by atoms with Crippen LogP contribution in [0.5, 0.6) is 0 Å². The van der Waals surface area contributed by atoms with Gasteiger partial charge >= 0.3 is 5.97 Å². The predicted octanol–water partition coefficient (Wildman–Crippen LogP) is 2.38. The summed E-state index contributed by atoms with van der Waals surface area (Å²) in [6.07, 6.45) is -0.290. The van der Waals surface area contributed by atoms with Crippen LogP contribution in [-0.4, -0.2) is 34.2 Å². The van der Waals surface area contributed by atoms with Crippen LogP contribution in [0, 0.1) is 0 Å². The van der Waals surface area contributed by atoms with Crippen molar-refractivity contribution in [2.45, 2.75) is 38.8 Å². The summed E-state index contributed by atoms with van der Waals surface area (Å²) >= 11 is 0. The second-order valence-electron chi connectivity index (χ2n) is 7.24. The number of aromatic nitrogens is 2. The first-order valence-electron chi connectivity index (χ1n) is 9.52. The van der Waals surface area contributed by atoms with Crippen molar-refractivity contribution in [3.63, 3.8) is 0 Å². The van der Waals surface area contributed by atoms with Gasteiger partial charge in [0.1, 0.15) is 0 Å². The zero-order valence-electron chi connectivity index (χ0n) is 16.2. The van der Waals surface area contributed by atoms with Crippen LogP contribution in [0.4, 0.5) is 5.69 Å². The Morgan fingerprint density at radius 2 is 1.86 bits per heavy atom. The van der Waals surface area contributed by atoms with Crippen molar-refractivity contribution in [3.05, 3.63) is 70.1 Å². The van der Waals surface area contributed by atoms with Gasteiger partial charge in [0.15, 0.2) is 6.10 Å². The van der Waals surface area contributed by atoms with Gasteiger partial charge in [0.25, 0.3) is 11.5 Å². The van der Waals surface area contributed by atoms with Gasteiger partial charge in [0, 0.05) is 17.1 Å². The number of fused-ring (bicyclic) bond motifs is 2. The molecule has 4 rings (SSSR count). The Hall–Kier alpha value is -3.48. The smallest absolute Gasteiger partial charge is 0.312 e. The standard InChI is InChI=1S/C22H21N3O4/c1-13-11-15-7-3-6-10-19(15)25(13)22(28)14(2)29-20(26)12-18-16-8-4-5-9-17(16)21(27)24-23-18/h3-10,13-14H,11-12H2,1-2H3,(H,24,27)/t13-,14+/m0/s1. The minimum Gasteiger partial charge on any atom is -0.452 e. The highest BCUT2D eigenvalue weighted by Gasteiger charge is 2.34. The summed E-state index contributed by atoms with van der Waals surface area (Å²) in [6.45, 7) is 3.55. The molecular formula is C22H21N3O4. The number of esters is 1. The van der Waals surface area contributed by atoms with Gasteiger partial charge < -0.3 is 9.64 Å². The molecule has 0 fully saturated rings. The lowest BCUT2D eigenvalue weighted by molar-refractivity contribution is -0.153. The lowest BCUT2D eigenvalue weighted by atomic mass is 10.1. The molecule has 0 bridgehead atoms. The molecule has 0 radical (unpaired) electrons. The van der Waals surface area contributed by atoms with Gasteiger partial charge in [-0.2, -0.15) is 5.10 Å². The van der Waals surface area contributed by atoms with E-state index in [-0.39, 0.29) is 23.9 Å². The number of carbonyl (C=O) groups excluding carboxylic acids is 2. The molecule has 7 nitrogen and oxygen atoms in total. The predicted molar refractivity (Wildman–Crippen MR) is 109 cm³/mol. The second kappa shape index (κ2) is 7.50. The van der Waals surface area contributed by atoms with Gasteiger partial charge in [0.05, 0.1) is 17.5 Å². The number of para-hydroxylation sites is 1. The number of amides is 1. The Kier molecular flexibility index (Phi) is 4.88. The number of nitrogens with one attached hydrogen (secondary N) is 1. The fraction of sp³-hybridized carbons (Fsp3) is 0.273. The summed E-state index contributed by atoms with van der Waals surface area (Å²) in [6, 6.07) is 14.7. The van der Waals surface area contributed by atoms with E-state index in [1.165, 1.54) is 0 Å². The molecule has 2 aromatic carbocycles. The highest BCUT2D eigenvalue weighted by Crippen LogP contribution is 2.32. The highest BCUT2D eigenvalue weighted by molar-refractivity contribution is 6.00. The van der Waals surface area contributed by atoms with E-state index in [1.54, 1.807) is 36.1 Å². The van der Waals surface area contributed by atoms with E-state index < -0.39 is 12.1 Å². The van der Waals surface area contributed by atoms with Gasteiger partial charge in [-0.3, -0.25) is 14.4 Å². The number of aromatic amines is 1. The molecule has 2 heterocycles. The molecule has 1 aromatic heterocycles. The first-order chi connectivity index (χ1) is 14.0. The van der Waals surface area contributed by atoms with Gasteiger partial charge in [-0.15, -0.1) is 0 Å². The zero-order chi connectivity index (χ0) is 20.5. The third-order valence-electron chi connectivity index (χ3n) is 5.19. The number of rotatable bonds is 4. The summed E-state index contributed by atoms with van der Waals surface area (Å²) in [5.74, 6) is -0.828. The minimum absolute atomic E-state index is 0.00543. The Morgan fingerprint density at radius 1 is 1.17 bits per heavy atom. The number of H-pyrrole nitrogens is 1. The van der Waals surface area contributed by atoms with E-state index in [4.69, 9.17) is 4.74 Å². The van der Waals surface area contributed by atoms with Gasteiger partial charge in [-0.25, -0.2) is 5.10 Å². The topological polar surface area (TPSA) is 92.4 Å². The maximum absolute atomic E-state index is 12.9. The number of hydrogen-bond donors (Lipinski definition) is 1. The number of nitrogens with zero attached hydrogens (tertiary/aromatic N) is 2. The number of anilines is 1. The molecule has 1 N–H and O–H groups in total. The number of benzene rings is 2. The Labute approximate surface area is 167 Å². The van der Waals surface area contributed by atoms with Crippen molar-refractivity contribution in [1.29, 1.82) is 0 Å². The summed E-state index contributed by atoms with van der Waals surface area (Å²) in [5, 5.41) is 7.43. The third-order valence-corrected chi connectivity index (χ3v) is 5.19. The van der Waals surface area contributed by atoms with Crippen molar-refractivity contribution in [1.82, 2.24) is 10.2 Å². The van der Waals surface area contributed by atoms with Gasteiger partial charge in [-0.05, 0) is 38.0 Å². The number of hydrogen-bond acceptors (Lipinski definition) is 5. The van der Waals surface area contributed by atoms with Crippen molar-refractivity contribution in [3.8, 4) is 0 Å².